The van der Waals surface area contributed by atoms with E-state index in [1.807, 2.05) is 0 Å². The molecule has 0 aliphatic carbocycles. The third-order valence-corrected chi connectivity index (χ3v) is 6.45. The highest BCUT2D eigenvalue weighted by Crippen LogP contribution is 2.28. The largest absolute Gasteiger partial charge is 0.495 e. The van der Waals surface area contributed by atoms with E-state index in [-0.39, 0.29) is 41.3 Å². The van der Waals surface area contributed by atoms with Crippen molar-refractivity contribution in [1.82, 2.24) is 9.62 Å². The number of nitrogens with zero attached hydrogens (tertiary/aromatic N) is 1. The van der Waals surface area contributed by atoms with Gasteiger partial charge in [-0.2, -0.15) is 4.31 Å². The molecule has 0 saturated carbocycles. The van der Waals surface area contributed by atoms with Gasteiger partial charge in [0.1, 0.15) is 10.6 Å². The molecule has 1 unspecified atom stereocenters. The Bertz CT molecular complexity index is 740. The Balaban J connectivity index is 1.80. The van der Waals surface area contributed by atoms with E-state index in [0.717, 1.165) is 12.8 Å². The molecule has 0 spiro atoms. The number of hydrogen-bond donors (Lipinski definition) is 1. The van der Waals surface area contributed by atoms with Crippen molar-refractivity contribution in [3.05, 3.63) is 23.8 Å². The molecule has 1 atom stereocenters. The summed E-state index contributed by atoms with van der Waals surface area (Å²) in [4.78, 5) is 12.4. The van der Waals surface area contributed by atoms with Crippen LogP contribution in [0.1, 0.15) is 23.2 Å². The Labute approximate surface area is 153 Å². The first-order valence-electron chi connectivity index (χ1n) is 8.68. The van der Waals surface area contributed by atoms with Crippen molar-refractivity contribution in [3.63, 3.8) is 0 Å². The molecular formula is C17H24N2O6S. The predicted molar refractivity (Wildman–Crippen MR) is 93.9 cm³/mol. The Morgan fingerprint density at radius 3 is 2.73 bits per heavy atom. The second-order valence-electron chi connectivity index (χ2n) is 6.23. The van der Waals surface area contributed by atoms with Crippen molar-refractivity contribution < 1.29 is 27.4 Å². The van der Waals surface area contributed by atoms with Gasteiger partial charge in [0, 0.05) is 31.8 Å². The number of carbonyl (C=O) groups is 1. The van der Waals surface area contributed by atoms with Gasteiger partial charge in [0.2, 0.25) is 10.0 Å². The first kappa shape index (κ1) is 19.1. The second-order valence-corrected chi connectivity index (χ2v) is 8.13. The van der Waals surface area contributed by atoms with E-state index in [0.29, 0.717) is 26.4 Å². The van der Waals surface area contributed by atoms with Gasteiger partial charge < -0.3 is 19.5 Å². The fraction of sp³-hybridized carbons (Fsp3) is 0.588. The highest BCUT2D eigenvalue weighted by molar-refractivity contribution is 7.89. The lowest BCUT2D eigenvalue weighted by Crippen LogP contribution is -2.40. The molecule has 144 valence electrons. The van der Waals surface area contributed by atoms with E-state index in [9.17, 15) is 13.2 Å². The maximum Gasteiger partial charge on any atom is 0.251 e. The number of methoxy groups -OCH3 is 1. The van der Waals surface area contributed by atoms with E-state index in [2.05, 4.69) is 5.32 Å². The van der Waals surface area contributed by atoms with Gasteiger partial charge in [-0.15, -0.1) is 0 Å². The van der Waals surface area contributed by atoms with Crippen LogP contribution in [0.4, 0.5) is 0 Å². The summed E-state index contributed by atoms with van der Waals surface area (Å²) in [6.07, 6.45) is 1.93. The van der Waals surface area contributed by atoms with Crippen molar-refractivity contribution in [2.45, 2.75) is 23.8 Å². The molecular weight excluding hydrogens is 360 g/mol. The number of morpholine rings is 1. The molecule has 2 aliphatic heterocycles. The zero-order chi connectivity index (χ0) is 18.6. The normalized spacial score (nSPS) is 21.5. The Morgan fingerprint density at radius 1 is 1.31 bits per heavy atom. The molecule has 0 aromatic heterocycles. The quantitative estimate of drug-likeness (QED) is 0.773. The van der Waals surface area contributed by atoms with E-state index in [4.69, 9.17) is 14.2 Å². The smallest absolute Gasteiger partial charge is 0.251 e. The van der Waals surface area contributed by atoms with Crippen LogP contribution in [0.15, 0.2) is 23.1 Å². The predicted octanol–water partition coefficient (Wildman–Crippen LogP) is 0.625. The summed E-state index contributed by atoms with van der Waals surface area (Å²) in [5.41, 5.74) is 0.274. The summed E-state index contributed by atoms with van der Waals surface area (Å²) in [5.74, 6) is -0.117. The van der Waals surface area contributed by atoms with Crippen molar-refractivity contribution >= 4 is 15.9 Å². The van der Waals surface area contributed by atoms with E-state index < -0.39 is 10.0 Å². The maximum atomic E-state index is 12.9. The summed E-state index contributed by atoms with van der Waals surface area (Å²) in [6, 6.07) is 4.44. The van der Waals surface area contributed by atoms with Gasteiger partial charge in [0.05, 0.1) is 26.4 Å². The summed E-state index contributed by atoms with van der Waals surface area (Å²) in [6.45, 7) is 2.38. The van der Waals surface area contributed by atoms with Crippen molar-refractivity contribution in [2.24, 2.45) is 0 Å². The fourth-order valence-electron chi connectivity index (χ4n) is 3.06. The molecule has 2 heterocycles. The molecule has 2 saturated heterocycles. The zero-order valence-electron chi connectivity index (χ0n) is 14.8. The van der Waals surface area contributed by atoms with Crippen LogP contribution in [0.25, 0.3) is 0 Å². The minimum atomic E-state index is -3.77. The number of rotatable bonds is 6. The summed E-state index contributed by atoms with van der Waals surface area (Å²) >= 11 is 0. The topological polar surface area (TPSA) is 94.2 Å². The van der Waals surface area contributed by atoms with Crippen LogP contribution in [0.5, 0.6) is 5.75 Å². The molecule has 2 aliphatic rings. The SMILES string of the molecule is COc1ccc(C(=O)NCC2CCCO2)cc1S(=O)(=O)N1CCOCC1. The summed E-state index contributed by atoms with van der Waals surface area (Å²) in [7, 11) is -2.36. The number of nitrogens with one attached hydrogen (secondary N) is 1. The highest BCUT2D eigenvalue weighted by Gasteiger charge is 2.30. The van der Waals surface area contributed by atoms with Crippen LogP contribution < -0.4 is 10.1 Å². The minimum Gasteiger partial charge on any atom is -0.495 e. The van der Waals surface area contributed by atoms with Crippen molar-refractivity contribution in [2.75, 3.05) is 46.6 Å². The lowest BCUT2D eigenvalue weighted by atomic mass is 10.2. The molecule has 1 N–H and O–H groups in total. The Kier molecular flexibility index (Phi) is 6.13. The lowest BCUT2D eigenvalue weighted by molar-refractivity contribution is 0.0729. The number of amides is 1. The zero-order valence-corrected chi connectivity index (χ0v) is 15.6. The first-order valence-corrected chi connectivity index (χ1v) is 10.1. The van der Waals surface area contributed by atoms with Crippen LogP contribution in [-0.4, -0.2) is 71.3 Å². The molecule has 8 nitrogen and oxygen atoms in total. The average Bonchev–Trinajstić information content (AvgIpc) is 3.20. The van der Waals surface area contributed by atoms with Crippen LogP contribution in [0.2, 0.25) is 0 Å². The molecule has 3 rings (SSSR count). The van der Waals surface area contributed by atoms with Gasteiger partial charge in [-0.3, -0.25) is 4.79 Å². The minimum absolute atomic E-state index is 0.00772. The molecule has 1 amide bonds. The molecule has 0 radical (unpaired) electrons. The van der Waals surface area contributed by atoms with Gasteiger partial charge in [-0.25, -0.2) is 8.42 Å². The molecule has 1 aromatic rings. The van der Waals surface area contributed by atoms with Gasteiger partial charge in [0.15, 0.2) is 0 Å². The Hall–Kier alpha value is -1.68. The van der Waals surface area contributed by atoms with Gasteiger partial charge in [0.25, 0.3) is 5.91 Å². The van der Waals surface area contributed by atoms with Gasteiger partial charge in [-0.1, -0.05) is 0 Å². The lowest BCUT2D eigenvalue weighted by Gasteiger charge is -2.26. The molecule has 0 bridgehead atoms. The monoisotopic (exact) mass is 384 g/mol. The maximum absolute atomic E-state index is 12.9. The fourth-order valence-corrected chi connectivity index (χ4v) is 4.65. The average molecular weight is 384 g/mol. The third-order valence-electron chi connectivity index (χ3n) is 4.53. The number of benzene rings is 1. The summed E-state index contributed by atoms with van der Waals surface area (Å²) in [5, 5.41) is 2.80. The van der Waals surface area contributed by atoms with E-state index in [1.165, 1.54) is 23.5 Å². The van der Waals surface area contributed by atoms with E-state index in [1.54, 1.807) is 6.07 Å². The van der Waals surface area contributed by atoms with E-state index >= 15 is 0 Å². The number of ether oxygens (including phenoxy) is 3. The van der Waals surface area contributed by atoms with Crippen LogP contribution in [0, 0.1) is 0 Å². The molecule has 9 heteroatoms. The molecule has 1 aromatic carbocycles. The highest BCUT2D eigenvalue weighted by atomic mass is 32.2. The second kappa shape index (κ2) is 8.34. The third kappa shape index (κ3) is 4.17. The van der Waals surface area contributed by atoms with Gasteiger partial charge >= 0.3 is 0 Å². The Morgan fingerprint density at radius 2 is 2.08 bits per heavy atom. The first-order chi connectivity index (χ1) is 12.5. The van der Waals surface area contributed by atoms with Crippen LogP contribution in [0.3, 0.4) is 0 Å². The number of carbonyl (C=O) groups excluding carboxylic acids is 1. The van der Waals surface area contributed by atoms with Crippen molar-refractivity contribution in [1.29, 1.82) is 0 Å². The standard InChI is InChI=1S/C17H24N2O6S/c1-23-15-5-4-13(17(20)18-12-14-3-2-8-25-14)11-16(15)26(21,22)19-6-9-24-10-7-19/h4-5,11,14H,2-3,6-10,12H2,1H3,(H,18,20). The van der Waals surface area contributed by atoms with Crippen LogP contribution in [-0.2, 0) is 19.5 Å². The number of sulfonamides is 1. The summed E-state index contributed by atoms with van der Waals surface area (Å²) < 4.78 is 43.2. The van der Waals surface area contributed by atoms with Gasteiger partial charge in [-0.05, 0) is 31.0 Å². The van der Waals surface area contributed by atoms with Crippen LogP contribution >= 0.6 is 0 Å². The molecule has 2 fully saturated rings. The van der Waals surface area contributed by atoms with Crippen molar-refractivity contribution in [3.8, 4) is 5.75 Å². The molecule has 26 heavy (non-hydrogen) atoms. The number of hydrogen-bond acceptors (Lipinski definition) is 6.